The predicted octanol–water partition coefficient (Wildman–Crippen LogP) is 2.52. The van der Waals surface area contributed by atoms with Crippen molar-refractivity contribution in [1.82, 2.24) is 10.2 Å². The largest absolute Gasteiger partial charge is 0.497 e. The SMILES string of the molecule is CCN(CC)C(=O)CNCCNc1ccc(NC(=O)c2ccc(OC)cc2)c(C(=O)O)c1. The van der Waals surface area contributed by atoms with E-state index in [0.717, 1.165) is 0 Å². The summed E-state index contributed by atoms with van der Waals surface area (Å²) in [5, 5.41) is 18.4. The van der Waals surface area contributed by atoms with Crippen molar-refractivity contribution in [3.63, 3.8) is 0 Å². The van der Waals surface area contributed by atoms with Crippen molar-refractivity contribution in [2.45, 2.75) is 13.8 Å². The maximum atomic E-state index is 12.5. The number of methoxy groups -OCH3 is 1. The molecular weight excluding hydrogens is 412 g/mol. The van der Waals surface area contributed by atoms with Gasteiger partial charge in [-0.25, -0.2) is 4.79 Å². The summed E-state index contributed by atoms with van der Waals surface area (Å²) in [7, 11) is 1.53. The molecule has 0 saturated carbocycles. The summed E-state index contributed by atoms with van der Waals surface area (Å²) in [5.74, 6) is -0.908. The minimum absolute atomic E-state index is 0.0264. The number of nitrogens with zero attached hydrogens (tertiary/aromatic N) is 1. The molecule has 2 aromatic carbocycles. The molecule has 0 aliphatic carbocycles. The van der Waals surface area contributed by atoms with Crippen molar-refractivity contribution < 1.29 is 24.2 Å². The van der Waals surface area contributed by atoms with Gasteiger partial charge in [-0.05, 0) is 56.3 Å². The van der Waals surface area contributed by atoms with E-state index in [0.29, 0.717) is 43.2 Å². The number of anilines is 2. The molecule has 0 atom stereocenters. The third kappa shape index (κ3) is 6.98. The molecule has 0 aromatic heterocycles. The fourth-order valence-electron chi connectivity index (χ4n) is 3.06. The van der Waals surface area contributed by atoms with Crippen LogP contribution in [0.25, 0.3) is 0 Å². The van der Waals surface area contributed by atoms with E-state index in [2.05, 4.69) is 16.0 Å². The lowest BCUT2D eigenvalue weighted by atomic mass is 10.1. The Hall–Kier alpha value is -3.59. The molecule has 2 aromatic rings. The molecule has 9 heteroatoms. The zero-order valence-electron chi connectivity index (χ0n) is 18.6. The number of hydrogen-bond donors (Lipinski definition) is 4. The number of likely N-dealkylation sites (N-methyl/N-ethyl adjacent to an activating group) is 1. The summed E-state index contributed by atoms with van der Waals surface area (Å²) in [6, 6.07) is 11.2. The van der Waals surface area contributed by atoms with Gasteiger partial charge >= 0.3 is 5.97 Å². The van der Waals surface area contributed by atoms with Gasteiger partial charge in [-0.3, -0.25) is 9.59 Å². The van der Waals surface area contributed by atoms with Gasteiger partial charge in [-0.15, -0.1) is 0 Å². The van der Waals surface area contributed by atoms with Gasteiger partial charge in [0.05, 0.1) is 24.9 Å². The monoisotopic (exact) mass is 442 g/mol. The zero-order valence-corrected chi connectivity index (χ0v) is 18.6. The summed E-state index contributed by atoms with van der Waals surface area (Å²) in [5.41, 5.74) is 1.16. The Labute approximate surface area is 187 Å². The minimum atomic E-state index is -1.15. The van der Waals surface area contributed by atoms with Crippen LogP contribution in [0.4, 0.5) is 11.4 Å². The first kappa shape index (κ1) is 24.7. The first-order chi connectivity index (χ1) is 15.4. The molecule has 4 N–H and O–H groups in total. The quantitative estimate of drug-likeness (QED) is 0.373. The van der Waals surface area contributed by atoms with Crippen molar-refractivity contribution in [2.24, 2.45) is 0 Å². The van der Waals surface area contributed by atoms with Gasteiger partial charge in [0, 0.05) is 37.4 Å². The molecule has 2 amide bonds. The van der Waals surface area contributed by atoms with Crippen LogP contribution in [0.15, 0.2) is 42.5 Å². The van der Waals surface area contributed by atoms with E-state index in [-0.39, 0.29) is 23.7 Å². The van der Waals surface area contributed by atoms with Gasteiger partial charge in [0.15, 0.2) is 0 Å². The van der Waals surface area contributed by atoms with E-state index in [1.54, 1.807) is 41.3 Å². The summed E-state index contributed by atoms with van der Waals surface area (Å²) in [6.45, 7) is 6.51. The first-order valence-electron chi connectivity index (χ1n) is 10.4. The molecule has 0 heterocycles. The Morgan fingerprint density at radius 3 is 2.28 bits per heavy atom. The third-order valence-electron chi connectivity index (χ3n) is 4.87. The van der Waals surface area contributed by atoms with E-state index >= 15 is 0 Å². The van der Waals surface area contributed by atoms with Crippen LogP contribution in [-0.4, -0.2) is 67.6 Å². The first-order valence-corrected chi connectivity index (χ1v) is 10.4. The second-order valence-electron chi connectivity index (χ2n) is 6.92. The maximum absolute atomic E-state index is 12.5. The van der Waals surface area contributed by atoms with E-state index in [4.69, 9.17) is 4.74 Å². The lowest BCUT2D eigenvalue weighted by Crippen LogP contribution is -2.39. The number of carbonyl (C=O) groups is 3. The Balaban J connectivity index is 1.93. The number of ether oxygens (including phenoxy) is 1. The van der Waals surface area contributed by atoms with Crippen LogP contribution in [0, 0.1) is 0 Å². The number of carboxylic acid groups (broad SMARTS) is 1. The number of hydrogen-bond acceptors (Lipinski definition) is 6. The number of benzene rings is 2. The van der Waals surface area contributed by atoms with Gasteiger partial charge in [-0.1, -0.05) is 0 Å². The lowest BCUT2D eigenvalue weighted by Gasteiger charge is -2.18. The fourth-order valence-corrected chi connectivity index (χ4v) is 3.06. The van der Waals surface area contributed by atoms with Crippen LogP contribution < -0.4 is 20.7 Å². The van der Waals surface area contributed by atoms with Crippen LogP contribution >= 0.6 is 0 Å². The number of carbonyl (C=O) groups excluding carboxylic acids is 2. The molecular formula is C23H30N4O5. The smallest absolute Gasteiger partial charge is 0.337 e. The lowest BCUT2D eigenvalue weighted by molar-refractivity contribution is -0.129. The molecule has 172 valence electrons. The average Bonchev–Trinajstić information content (AvgIpc) is 2.80. The summed E-state index contributed by atoms with van der Waals surface area (Å²) in [6.07, 6.45) is 0. The number of rotatable bonds is 12. The Morgan fingerprint density at radius 2 is 1.69 bits per heavy atom. The molecule has 32 heavy (non-hydrogen) atoms. The van der Waals surface area contributed by atoms with E-state index in [1.165, 1.54) is 13.2 Å². The summed E-state index contributed by atoms with van der Waals surface area (Å²) in [4.78, 5) is 37.9. The highest BCUT2D eigenvalue weighted by atomic mass is 16.5. The highest BCUT2D eigenvalue weighted by Gasteiger charge is 2.15. The Morgan fingerprint density at radius 1 is 1.00 bits per heavy atom. The fraction of sp³-hybridized carbons (Fsp3) is 0.348. The maximum Gasteiger partial charge on any atom is 0.337 e. The van der Waals surface area contributed by atoms with Gasteiger partial charge in [0.1, 0.15) is 5.75 Å². The second kappa shape index (κ2) is 12.3. The minimum Gasteiger partial charge on any atom is -0.497 e. The molecule has 0 radical (unpaired) electrons. The molecule has 0 aliphatic rings. The topological polar surface area (TPSA) is 120 Å². The molecule has 0 spiro atoms. The molecule has 0 bridgehead atoms. The van der Waals surface area contributed by atoms with Crippen molar-refractivity contribution in [1.29, 1.82) is 0 Å². The van der Waals surface area contributed by atoms with Crippen LogP contribution in [0.1, 0.15) is 34.6 Å². The van der Waals surface area contributed by atoms with Gasteiger partial charge < -0.3 is 30.7 Å². The van der Waals surface area contributed by atoms with Crippen molar-refractivity contribution in [3.8, 4) is 5.75 Å². The average molecular weight is 443 g/mol. The zero-order chi connectivity index (χ0) is 23.5. The third-order valence-corrected chi connectivity index (χ3v) is 4.87. The van der Waals surface area contributed by atoms with Crippen LogP contribution in [-0.2, 0) is 4.79 Å². The van der Waals surface area contributed by atoms with Crippen LogP contribution in [0.3, 0.4) is 0 Å². The predicted molar refractivity (Wildman–Crippen MR) is 124 cm³/mol. The molecule has 2 rings (SSSR count). The summed E-state index contributed by atoms with van der Waals surface area (Å²) < 4.78 is 5.07. The van der Waals surface area contributed by atoms with Gasteiger partial charge in [-0.2, -0.15) is 0 Å². The Bertz CT molecular complexity index is 926. The second-order valence-corrected chi connectivity index (χ2v) is 6.92. The molecule has 0 fully saturated rings. The van der Waals surface area contributed by atoms with Crippen molar-refractivity contribution in [3.05, 3.63) is 53.6 Å². The van der Waals surface area contributed by atoms with Crippen molar-refractivity contribution in [2.75, 3.05) is 50.5 Å². The van der Waals surface area contributed by atoms with Gasteiger partial charge in [0.25, 0.3) is 5.91 Å². The number of amides is 2. The van der Waals surface area contributed by atoms with E-state index < -0.39 is 11.9 Å². The van der Waals surface area contributed by atoms with Crippen molar-refractivity contribution >= 4 is 29.2 Å². The van der Waals surface area contributed by atoms with Crippen LogP contribution in [0.2, 0.25) is 0 Å². The molecule has 0 unspecified atom stereocenters. The standard InChI is InChI=1S/C23H30N4O5/c1-4-27(5-2)21(28)15-24-12-13-25-17-8-11-20(19(14-17)23(30)31)26-22(29)16-6-9-18(32-3)10-7-16/h6-11,14,24-25H,4-5,12-13,15H2,1-3H3,(H,26,29)(H,30,31). The highest BCUT2D eigenvalue weighted by Crippen LogP contribution is 2.22. The molecule has 0 aliphatic heterocycles. The Kier molecular flexibility index (Phi) is 9.49. The number of carboxylic acids is 1. The number of aromatic carboxylic acids is 1. The van der Waals surface area contributed by atoms with Gasteiger partial charge in [0.2, 0.25) is 5.91 Å². The highest BCUT2D eigenvalue weighted by molar-refractivity contribution is 6.08. The normalized spacial score (nSPS) is 10.3. The number of nitrogens with one attached hydrogen (secondary N) is 3. The molecule has 0 saturated heterocycles. The van der Waals surface area contributed by atoms with E-state index in [9.17, 15) is 19.5 Å². The molecule has 9 nitrogen and oxygen atoms in total. The van der Waals surface area contributed by atoms with Crippen LogP contribution in [0.5, 0.6) is 5.75 Å². The summed E-state index contributed by atoms with van der Waals surface area (Å²) >= 11 is 0. The van der Waals surface area contributed by atoms with E-state index in [1.807, 2.05) is 13.8 Å².